The van der Waals surface area contributed by atoms with E-state index in [9.17, 15) is 9.59 Å². The topological polar surface area (TPSA) is 49.4 Å². The van der Waals surface area contributed by atoms with Gasteiger partial charge in [-0.25, -0.2) is 0 Å². The standard InChI is InChI=1S/C13H22N2O2/c1-10(11-6-7-11)14-12(16)9-15-8-4-2-3-5-13(15)17/h10-11H,2-9H2,1H3,(H,14,16). The van der Waals surface area contributed by atoms with Crippen LogP contribution in [0.1, 0.15) is 45.4 Å². The Balaban J connectivity index is 1.77. The average Bonchev–Trinajstić information content (AvgIpc) is 3.08. The molecule has 1 saturated heterocycles. The predicted molar refractivity (Wildman–Crippen MR) is 65.4 cm³/mol. The van der Waals surface area contributed by atoms with Crippen LogP contribution in [0.15, 0.2) is 0 Å². The molecule has 17 heavy (non-hydrogen) atoms. The number of nitrogens with zero attached hydrogens (tertiary/aromatic N) is 1. The molecule has 0 bridgehead atoms. The quantitative estimate of drug-likeness (QED) is 0.802. The van der Waals surface area contributed by atoms with Crippen molar-refractivity contribution in [1.29, 1.82) is 0 Å². The Morgan fingerprint density at radius 3 is 2.88 bits per heavy atom. The third-order valence-corrected chi connectivity index (χ3v) is 3.72. The lowest BCUT2D eigenvalue weighted by Gasteiger charge is -2.21. The Morgan fingerprint density at radius 2 is 2.18 bits per heavy atom. The van der Waals surface area contributed by atoms with E-state index in [0.717, 1.165) is 25.8 Å². The molecule has 0 spiro atoms. The Morgan fingerprint density at radius 1 is 1.41 bits per heavy atom. The third-order valence-electron chi connectivity index (χ3n) is 3.72. The lowest BCUT2D eigenvalue weighted by Crippen LogP contribution is -2.43. The van der Waals surface area contributed by atoms with Gasteiger partial charge in [0.2, 0.25) is 11.8 Å². The van der Waals surface area contributed by atoms with E-state index < -0.39 is 0 Å². The number of carbonyl (C=O) groups is 2. The van der Waals surface area contributed by atoms with E-state index in [4.69, 9.17) is 0 Å². The lowest BCUT2D eigenvalue weighted by molar-refractivity contribution is -0.135. The molecule has 1 atom stereocenters. The fourth-order valence-corrected chi connectivity index (χ4v) is 2.39. The van der Waals surface area contributed by atoms with Gasteiger partial charge in [0.25, 0.3) is 0 Å². The smallest absolute Gasteiger partial charge is 0.239 e. The van der Waals surface area contributed by atoms with E-state index in [1.165, 1.54) is 12.8 Å². The maximum Gasteiger partial charge on any atom is 0.239 e. The summed E-state index contributed by atoms with van der Waals surface area (Å²) in [6.07, 6.45) is 6.15. The van der Waals surface area contributed by atoms with Crippen LogP contribution in [0.5, 0.6) is 0 Å². The van der Waals surface area contributed by atoms with E-state index >= 15 is 0 Å². The summed E-state index contributed by atoms with van der Waals surface area (Å²) in [5, 5.41) is 3.00. The molecule has 2 rings (SSSR count). The van der Waals surface area contributed by atoms with Crippen molar-refractivity contribution in [1.82, 2.24) is 10.2 Å². The zero-order valence-electron chi connectivity index (χ0n) is 10.6. The minimum Gasteiger partial charge on any atom is -0.352 e. The van der Waals surface area contributed by atoms with E-state index in [0.29, 0.717) is 12.3 Å². The summed E-state index contributed by atoms with van der Waals surface area (Å²) < 4.78 is 0. The molecule has 1 aliphatic carbocycles. The van der Waals surface area contributed by atoms with Gasteiger partial charge in [-0.3, -0.25) is 9.59 Å². The van der Waals surface area contributed by atoms with Crippen molar-refractivity contribution in [3.63, 3.8) is 0 Å². The molecule has 0 aromatic rings. The minimum absolute atomic E-state index is 0.000324. The van der Waals surface area contributed by atoms with Gasteiger partial charge in [0.05, 0.1) is 6.54 Å². The van der Waals surface area contributed by atoms with E-state index in [-0.39, 0.29) is 24.4 Å². The summed E-state index contributed by atoms with van der Waals surface area (Å²) in [6, 6.07) is 0.268. The molecule has 4 nitrogen and oxygen atoms in total. The van der Waals surface area contributed by atoms with Gasteiger partial charge in [-0.15, -0.1) is 0 Å². The molecule has 1 unspecified atom stereocenters. The number of hydrogen-bond donors (Lipinski definition) is 1. The van der Waals surface area contributed by atoms with E-state index in [2.05, 4.69) is 12.2 Å². The molecule has 0 aromatic carbocycles. The van der Waals surface area contributed by atoms with Crippen LogP contribution in [0.2, 0.25) is 0 Å². The Hall–Kier alpha value is -1.06. The van der Waals surface area contributed by atoms with Crippen molar-refractivity contribution >= 4 is 11.8 Å². The monoisotopic (exact) mass is 238 g/mol. The van der Waals surface area contributed by atoms with Crippen LogP contribution in [0.4, 0.5) is 0 Å². The summed E-state index contributed by atoms with van der Waals surface area (Å²) >= 11 is 0. The second kappa shape index (κ2) is 5.52. The van der Waals surface area contributed by atoms with Crippen molar-refractivity contribution in [3.8, 4) is 0 Å². The number of rotatable bonds is 4. The zero-order chi connectivity index (χ0) is 12.3. The maximum absolute atomic E-state index is 11.8. The van der Waals surface area contributed by atoms with Gasteiger partial charge in [0.15, 0.2) is 0 Å². The number of nitrogens with one attached hydrogen (secondary N) is 1. The SMILES string of the molecule is CC(NC(=O)CN1CCCCCC1=O)C1CC1. The predicted octanol–water partition coefficient (Wildman–Crippen LogP) is 1.30. The third kappa shape index (κ3) is 3.72. The molecule has 1 N–H and O–H groups in total. The molecular formula is C13H22N2O2. The number of likely N-dealkylation sites (tertiary alicyclic amines) is 1. The molecule has 2 fully saturated rings. The Bertz CT molecular complexity index is 300. The summed E-state index contributed by atoms with van der Waals surface area (Å²) in [7, 11) is 0. The van der Waals surface area contributed by atoms with Crippen molar-refractivity contribution in [3.05, 3.63) is 0 Å². The summed E-state index contributed by atoms with van der Waals surface area (Å²) in [5.74, 6) is 0.801. The fraction of sp³-hybridized carbons (Fsp3) is 0.846. The molecule has 2 amide bonds. The largest absolute Gasteiger partial charge is 0.352 e. The highest BCUT2D eigenvalue weighted by Gasteiger charge is 2.29. The van der Waals surface area contributed by atoms with Crippen molar-refractivity contribution in [2.45, 2.75) is 51.5 Å². The molecule has 1 saturated carbocycles. The summed E-state index contributed by atoms with van der Waals surface area (Å²) in [6.45, 7) is 3.04. The highest BCUT2D eigenvalue weighted by atomic mass is 16.2. The van der Waals surface area contributed by atoms with Crippen LogP contribution in [-0.2, 0) is 9.59 Å². The van der Waals surface area contributed by atoms with Gasteiger partial charge in [-0.2, -0.15) is 0 Å². The van der Waals surface area contributed by atoms with Crippen LogP contribution >= 0.6 is 0 Å². The first-order valence-electron chi connectivity index (χ1n) is 6.74. The lowest BCUT2D eigenvalue weighted by atomic mass is 10.2. The highest BCUT2D eigenvalue weighted by Crippen LogP contribution is 2.32. The molecule has 4 heteroatoms. The van der Waals surface area contributed by atoms with Crippen LogP contribution in [0.25, 0.3) is 0 Å². The molecule has 1 aliphatic heterocycles. The first kappa shape index (κ1) is 12.4. The van der Waals surface area contributed by atoms with Crippen LogP contribution < -0.4 is 5.32 Å². The van der Waals surface area contributed by atoms with Crippen LogP contribution in [-0.4, -0.2) is 35.8 Å². The number of amides is 2. The van der Waals surface area contributed by atoms with Gasteiger partial charge in [-0.05, 0) is 38.5 Å². The van der Waals surface area contributed by atoms with Crippen molar-refractivity contribution in [2.75, 3.05) is 13.1 Å². The maximum atomic E-state index is 11.8. The average molecular weight is 238 g/mol. The normalized spacial score (nSPS) is 23.1. The summed E-state index contributed by atoms with van der Waals surface area (Å²) in [4.78, 5) is 25.2. The highest BCUT2D eigenvalue weighted by molar-refractivity contribution is 5.85. The van der Waals surface area contributed by atoms with Gasteiger partial charge in [-0.1, -0.05) is 6.42 Å². The molecule has 2 aliphatic rings. The fourth-order valence-electron chi connectivity index (χ4n) is 2.39. The van der Waals surface area contributed by atoms with Gasteiger partial charge >= 0.3 is 0 Å². The van der Waals surface area contributed by atoms with Crippen molar-refractivity contribution < 1.29 is 9.59 Å². The van der Waals surface area contributed by atoms with Gasteiger partial charge in [0.1, 0.15) is 0 Å². The molecule has 1 heterocycles. The Kier molecular flexibility index (Phi) is 4.02. The van der Waals surface area contributed by atoms with Gasteiger partial charge < -0.3 is 10.2 Å². The second-order valence-electron chi connectivity index (χ2n) is 5.32. The molecule has 96 valence electrons. The zero-order valence-corrected chi connectivity index (χ0v) is 10.6. The number of hydrogen-bond acceptors (Lipinski definition) is 2. The van der Waals surface area contributed by atoms with Crippen LogP contribution in [0, 0.1) is 5.92 Å². The first-order chi connectivity index (χ1) is 8.16. The molecule has 0 aromatic heterocycles. The van der Waals surface area contributed by atoms with E-state index in [1.807, 2.05) is 0 Å². The summed E-state index contributed by atoms with van der Waals surface area (Å²) in [5.41, 5.74) is 0. The number of carbonyl (C=O) groups excluding carboxylic acids is 2. The first-order valence-corrected chi connectivity index (χ1v) is 6.74. The molecular weight excluding hydrogens is 216 g/mol. The Labute approximate surface area is 103 Å². The van der Waals surface area contributed by atoms with E-state index in [1.54, 1.807) is 4.90 Å². The van der Waals surface area contributed by atoms with Crippen molar-refractivity contribution in [2.24, 2.45) is 5.92 Å². The molecule has 0 radical (unpaired) electrons. The minimum atomic E-state index is -0.000324. The van der Waals surface area contributed by atoms with Crippen LogP contribution in [0.3, 0.4) is 0 Å². The second-order valence-corrected chi connectivity index (χ2v) is 5.32. The van der Waals surface area contributed by atoms with Gasteiger partial charge in [0, 0.05) is 19.0 Å².